The molecule has 0 saturated carbocycles. The summed E-state index contributed by atoms with van der Waals surface area (Å²) in [5.41, 5.74) is 5.19. The molecule has 0 saturated heterocycles. The number of fused-ring (bicyclic) bond motifs is 1. The van der Waals surface area contributed by atoms with E-state index in [-0.39, 0.29) is 11.3 Å². The molecule has 4 nitrogen and oxygen atoms in total. The third-order valence-electron chi connectivity index (χ3n) is 6.02. The zero-order chi connectivity index (χ0) is 24.8. The Morgan fingerprint density at radius 2 is 1.37 bits per heavy atom. The molecule has 0 unspecified atom stereocenters. The van der Waals surface area contributed by atoms with Crippen molar-refractivity contribution in [2.75, 3.05) is 18.0 Å². The highest BCUT2D eigenvalue weighted by Gasteiger charge is 2.12. The Bertz CT molecular complexity index is 1440. The van der Waals surface area contributed by atoms with E-state index >= 15 is 0 Å². The maximum absolute atomic E-state index is 12.7. The van der Waals surface area contributed by atoms with Gasteiger partial charge in [0.1, 0.15) is 11.1 Å². The van der Waals surface area contributed by atoms with Crippen LogP contribution in [0.5, 0.6) is 0 Å². The Labute approximate surface area is 205 Å². The van der Waals surface area contributed by atoms with Gasteiger partial charge in [0, 0.05) is 30.2 Å². The molecule has 0 radical (unpaired) electrons. The molecule has 0 bridgehead atoms. The molecular formula is C31H29NO3. The van der Waals surface area contributed by atoms with Crippen molar-refractivity contribution in [1.29, 1.82) is 0 Å². The second-order valence-corrected chi connectivity index (χ2v) is 8.45. The fourth-order valence-electron chi connectivity index (χ4n) is 3.91. The van der Waals surface area contributed by atoms with Crippen molar-refractivity contribution in [1.82, 2.24) is 0 Å². The highest BCUT2D eigenvalue weighted by Crippen LogP contribution is 2.22. The summed E-state index contributed by atoms with van der Waals surface area (Å²) in [7, 11) is 0. The number of anilines is 1. The summed E-state index contributed by atoms with van der Waals surface area (Å²) >= 11 is 0. The lowest BCUT2D eigenvalue weighted by molar-refractivity contribution is 0.104. The van der Waals surface area contributed by atoms with Crippen LogP contribution in [0.2, 0.25) is 0 Å². The Balaban J connectivity index is 1.48. The maximum Gasteiger partial charge on any atom is 0.347 e. The van der Waals surface area contributed by atoms with Gasteiger partial charge in [-0.2, -0.15) is 0 Å². The Kier molecular flexibility index (Phi) is 7.41. The van der Waals surface area contributed by atoms with Gasteiger partial charge in [0.15, 0.2) is 5.78 Å². The van der Waals surface area contributed by atoms with Crippen LogP contribution < -0.4 is 10.5 Å². The number of nitrogens with zero attached hydrogens (tertiary/aromatic N) is 1. The molecule has 4 heteroatoms. The average molecular weight is 464 g/mol. The van der Waals surface area contributed by atoms with Crippen LogP contribution in [0.4, 0.5) is 5.69 Å². The van der Waals surface area contributed by atoms with Crippen LogP contribution in [0.1, 0.15) is 46.5 Å². The minimum atomic E-state index is -0.625. The predicted octanol–water partition coefficient (Wildman–Crippen LogP) is 7.01. The molecule has 0 atom stereocenters. The van der Waals surface area contributed by atoms with Crippen LogP contribution in [0.15, 0.2) is 88.1 Å². The zero-order valence-corrected chi connectivity index (χ0v) is 20.3. The molecule has 35 heavy (non-hydrogen) atoms. The summed E-state index contributed by atoms with van der Waals surface area (Å²) in [6.45, 7) is 7.94. The van der Waals surface area contributed by atoms with Gasteiger partial charge in [-0.25, -0.2) is 4.79 Å². The molecule has 1 heterocycles. The van der Waals surface area contributed by atoms with Crippen molar-refractivity contribution in [3.05, 3.63) is 117 Å². The van der Waals surface area contributed by atoms with Gasteiger partial charge in [0.05, 0.1) is 0 Å². The van der Waals surface area contributed by atoms with Gasteiger partial charge in [-0.1, -0.05) is 72.3 Å². The van der Waals surface area contributed by atoms with Gasteiger partial charge in [-0.3, -0.25) is 4.79 Å². The maximum atomic E-state index is 12.7. The quantitative estimate of drug-likeness (QED) is 0.122. The molecule has 4 aromatic rings. The number of allylic oxidation sites excluding steroid dienone is 1. The van der Waals surface area contributed by atoms with Crippen molar-refractivity contribution in [3.63, 3.8) is 0 Å². The zero-order valence-electron chi connectivity index (χ0n) is 20.3. The lowest BCUT2D eigenvalue weighted by Crippen LogP contribution is -2.21. The number of hydrogen-bond donors (Lipinski definition) is 0. The van der Waals surface area contributed by atoms with E-state index in [1.807, 2.05) is 42.5 Å². The second kappa shape index (κ2) is 10.8. The number of aryl methyl sites for hydroxylation is 1. The minimum absolute atomic E-state index is 0.0296. The first kappa shape index (κ1) is 24.0. The van der Waals surface area contributed by atoms with E-state index in [2.05, 4.69) is 62.1 Å². The number of carbonyl (C=O) groups is 1. The Morgan fingerprint density at radius 3 is 1.97 bits per heavy atom. The summed E-state index contributed by atoms with van der Waals surface area (Å²) in [6.07, 6.45) is 7.25. The number of benzene rings is 3. The van der Waals surface area contributed by atoms with Crippen molar-refractivity contribution in [2.45, 2.75) is 20.8 Å². The molecule has 0 aliphatic carbocycles. The van der Waals surface area contributed by atoms with E-state index < -0.39 is 5.63 Å². The van der Waals surface area contributed by atoms with Crippen LogP contribution in [-0.2, 0) is 0 Å². The summed E-state index contributed by atoms with van der Waals surface area (Å²) in [4.78, 5) is 27.4. The third-order valence-corrected chi connectivity index (χ3v) is 6.02. The molecule has 4 rings (SSSR count). The van der Waals surface area contributed by atoms with Gasteiger partial charge in [0.25, 0.3) is 0 Å². The normalized spacial score (nSPS) is 11.5. The van der Waals surface area contributed by atoms with Crippen molar-refractivity contribution in [3.8, 4) is 0 Å². The topological polar surface area (TPSA) is 50.5 Å². The third kappa shape index (κ3) is 5.85. The average Bonchev–Trinajstić information content (AvgIpc) is 2.88. The van der Waals surface area contributed by atoms with Gasteiger partial charge >= 0.3 is 5.63 Å². The van der Waals surface area contributed by atoms with Crippen molar-refractivity contribution in [2.24, 2.45) is 0 Å². The van der Waals surface area contributed by atoms with Gasteiger partial charge in [-0.05, 0) is 61.7 Å². The molecule has 0 aliphatic rings. The van der Waals surface area contributed by atoms with Crippen molar-refractivity contribution < 1.29 is 9.21 Å². The molecule has 0 fully saturated rings. The minimum Gasteiger partial charge on any atom is -0.422 e. The summed E-state index contributed by atoms with van der Waals surface area (Å²) in [5.74, 6) is -0.378. The molecule has 3 aromatic carbocycles. The molecule has 0 aliphatic heterocycles. The van der Waals surface area contributed by atoms with E-state index in [1.54, 1.807) is 12.1 Å². The summed E-state index contributed by atoms with van der Waals surface area (Å²) in [6, 6.07) is 23.5. The molecule has 0 N–H and O–H groups in total. The van der Waals surface area contributed by atoms with E-state index in [4.69, 9.17) is 4.42 Å². The summed E-state index contributed by atoms with van der Waals surface area (Å²) in [5, 5.41) is 0.724. The highest BCUT2D eigenvalue weighted by molar-refractivity contribution is 6.07. The Hall–Kier alpha value is -4.18. The van der Waals surface area contributed by atoms with Crippen molar-refractivity contribution >= 4 is 40.7 Å². The lowest BCUT2D eigenvalue weighted by Gasteiger charge is -2.20. The van der Waals surface area contributed by atoms with Gasteiger partial charge in [0.2, 0.25) is 0 Å². The lowest BCUT2D eigenvalue weighted by atomic mass is 10.1. The first-order valence-corrected chi connectivity index (χ1v) is 11.9. The standard InChI is InChI=1S/C31H29NO3/c1-4-32(5-2)27-18-17-26-20-28(31(34)35-30(26)21-27)29(33)19-16-25-14-12-24(13-15-25)11-10-23-8-6-22(3)7-9-23/h6-21H,4-5H2,1-3H3/b11-10+,19-16+. The highest BCUT2D eigenvalue weighted by atomic mass is 16.4. The van der Waals surface area contributed by atoms with Crippen LogP contribution in [0, 0.1) is 6.92 Å². The largest absolute Gasteiger partial charge is 0.422 e. The van der Waals surface area contributed by atoms with Gasteiger partial charge < -0.3 is 9.32 Å². The summed E-state index contributed by atoms with van der Waals surface area (Å²) < 4.78 is 5.49. The van der Waals surface area contributed by atoms with E-state index in [1.165, 1.54) is 11.6 Å². The first-order valence-electron chi connectivity index (χ1n) is 11.9. The molecule has 176 valence electrons. The molecule has 0 spiro atoms. The van der Waals surface area contributed by atoms with E-state index in [9.17, 15) is 9.59 Å². The molecule has 0 amide bonds. The second-order valence-electron chi connectivity index (χ2n) is 8.45. The van der Waals surface area contributed by atoms with E-state index in [0.717, 1.165) is 40.9 Å². The first-order chi connectivity index (χ1) is 17.0. The number of ketones is 1. The van der Waals surface area contributed by atoms with Crippen LogP contribution in [0.3, 0.4) is 0 Å². The van der Waals surface area contributed by atoms with Crippen LogP contribution in [-0.4, -0.2) is 18.9 Å². The number of carbonyl (C=O) groups excluding carboxylic acids is 1. The van der Waals surface area contributed by atoms with Crippen LogP contribution in [0.25, 0.3) is 29.2 Å². The molecule has 1 aromatic heterocycles. The Morgan fingerprint density at radius 1 is 0.800 bits per heavy atom. The fraction of sp³-hybridized carbons (Fsp3) is 0.161. The SMILES string of the molecule is CCN(CC)c1ccc2cc(C(=O)/C=C/c3ccc(/C=C/c4ccc(C)cc4)cc3)c(=O)oc2c1. The van der Waals surface area contributed by atoms with Gasteiger partial charge in [-0.15, -0.1) is 0 Å². The smallest absolute Gasteiger partial charge is 0.347 e. The predicted molar refractivity (Wildman–Crippen MR) is 146 cm³/mol. The monoisotopic (exact) mass is 463 g/mol. The number of rotatable bonds is 8. The fourth-order valence-corrected chi connectivity index (χ4v) is 3.91. The van der Waals surface area contributed by atoms with Crippen LogP contribution >= 0.6 is 0 Å². The van der Waals surface area contributed by atoms with E-state index in [0.29, 0.717) is 5.58 Å². The molecular weight excluding hydrogens is 434 g/mol. The number of hydrogen-bond acceptors (Lipinski definition) is 4.